The van der Waals surface area contributed by atoms with Gasteiger partial charge in [0, 0.05) is 19.0 Å². The Kier molecular flexibility index (Phi) is 2.42. The molecule has 1 fully saturated rings. The number of para-hydroxylation sites is 1. The van der Waals surface area contributed by atoms with E-state index in [-0.39, 0.29) is 5.91 Å². The molecule has 1 aromatic rings. The third-order valence-electron chi connectivity index (χ3n) is 3.37. The normalized spacial score (nSPS) is 19.4. The molecule has 1 saturated carbocycles. The molecular formula is C13H16N2O2. The van der Waals surface area contributed by atoms with Crippen molar-refractivity contribution >= 4 is 17.3 Å². The lowest BCUT2D eigenvalue weighted by Crippen LogP contribution is -2.26. The number of benzene rings is 1. The van der Waals surface area contributed by atoms with Gasteiger partial charge < -0.3 is 15.0 Å². The second-order valence-electron chi connectivity index (χ2n) is 4.58. The average molecular weight is 232 g/mol. The minimum atomic E-state index is 0.0684. The first-order valence-electron chi connectivity index (χ1n) is 6.03. The Bertz CT molecular complexity index is 455. The van der Waals surface area contributed by atoms with Gasteiger partial charge in [-0.1, -0.05) is 6.07 Å². The van der Waals surface area contributed by atoms with Gasteiger partial charge >= 0.3 is 0 Å². The number of amides is 1. The zero-order valence-electron chi connectivity index (χ0n) is 9.90. The first-order valence-corrected chi connectivity index (χ1v) is 6.03. The molecular weight excluding hydrogens is 216 g/mol. The van der Waals surface area contributed by atoms with Crippen LogP contribution in [-0.2, 0) is 4.79 Å². The van der Waals surface area contributed by atoms with E-state index in [4.69, 9.17) is 4.74 Å². The highest BCUT2D eigenvalue weighted by Gasteiger charge is 2.33. The maximum Gasteiger partial charge on any atom is 0.226 e. The molecule has 0 aromatic heterocycles. The van der Waals surface area contributed by atoms with E-state index < -0.39 is 0 Å². The van der Waals surface area contributed by atoms with E-state index in [9.17, 15) is 4.79 Å². The van der Waals surface area contributed by atoms with Crippen LogP contribution in [0.15, 0.2) is 18.2 Å². The molecule has 0 bridgehead atoms. The number of nitrogens with one attached hydrogen (secondary N) is 1. The van der Waals surface area contributed by atoms with Crippen LogP contribution in [0.3, 0.4) is 0 Å². The molecule has 1 aliphatic heterocycles. The number of fused-ring (bicyclic) bond motifs is 1. The molecule has 0 unspecified atom stereocenters. The molecule has 2 aliphatic rings. The summed E-state index contributed by atoms with van der Waals surface area (Å²) < 4.78 is 5.32. The van der Waals surface area contributed by atoms with Gasteiger partial charge in [-0.2, -0.15) is 0 Å². The molecule has 1 aliphatic carbocycles. The van der Waals surface area contributed by atoms with Crippen LogP contribution in [0, 0.1) is 0 Å². The largest absolute Gasteiger partial charge is 0.494 e. The van der Waals surface area contributed by atoms with Crippen LogP contribution in [0.5, 0.6) is 5.75 Å². The molecule has 0 spiro atoms. The fraction of sp³-hybridized carbons (Fsp3) is 0.462. The van der Waals surface area contributed by atoms with Crippen molar-refractivity contribution in [1.82, 2.24) is 0 Å². The van der Waals surface area contributed by atoms with Crippen LogP contribution < -0.4 is 15.0 Å². The molecule has 90 valence electrons. The Morgan fingerprint density at radius 2 is 2.24 bits per heavy atom. The maximum absolute atomic E-state index is 11.7. The van der Waals surface area contributed by atoms with Crippen molar-refractivity contribution in [3.8, 4) is 5.75 Å². The fourth-order valence-corrected chi connectivity index (χ4v) is 2.36. The fourth-order valence-electron chi connectivity index (χ4n) is 2.36. The summed E-state index contributed by atoms with van der Waals surface area (Å²) in [4.78, 5) is 14.0. The summed E-state index contributed by atoms with van der Waals surface area (Å²) in [5, 5.41) is 2.95. The molecule has 1 aromatic carbocycles. The summed E-state index contributed by atoms with van der Waals surface area (Å²) in [5.41, 5.74) is 1.92. The second-order valence-corrected chi connectivity index (χ2v) is 4.58. The minimum Gasteiger partial charge on any atom is -0.494 e. The summed E-state index contributed by atoms with van der Waals surface area (Å²) in [6.45, 7) is 0.802. The molecule has 3 rings (SSSR count). The number of ether oxygens (including phenoxy) is 1. The van der Waals surface area contributed by atoms with Crippen molar-refractivity contribution in [3.63, 3.8) is 0 Å². The predicted octanol–water partition coefficient (Wildman–Crippen LogP) is 2.01. The minimum absolute atomic E-state index is 0.0684. The third-order valence-corrected chi connectivity index (χ3v) is 3.37. The van der Waals surface area contributed by atoms with Crippen molar-refractivity contribution < 1.29 is 9.53 Å². The van der Waals surface area contributed by atoms with E-state index >= 15 is 0 Å². The van der Waals surface area contributed by atoms with Crippen LogP contribution >= 0.6 is 0 Å². The monoisotopic (exact) mass is 232 g/mol. The number of hydrogen-bond acceptors (Lipinski definition) is 3. The smallest absolute Gasteiger partial charge is 0.226 e. The molecule has 17 heavy (non-hydrogen) atoms. The van der Waals surface area contributed by atoms with E-state index in [0.717, 1.165) is 23.7 Å². The van der Waals surface area contributed by atoms with E-state index in [1.165, 1.54) is 12.8 Å². The molecule has 1 amide bonds. The lowest BCUT2D eigenvalue weighted by molar-refractivity contribution is -0.115. The summed E-state index contributed by atoms with van der Waals surface area (Å²) in [6.07, 6.45) is 3.00. The van der Waals surface area contributed by atoms with E-state index in [2.05, 4.69) is 16.3 Å². The lowest BCUT2D eigenvalue weighted by Gasteiger charge is -2.24. The topological polar surface area (TPSA) is 41.6 Å². The SMILES string of the molecule is COc1cccc2c1NC(=O)CCN2C1CC1. The Morgan fingerprint density at radius 3 is 2.94 bits per heavy atom. The number of methoxy groups -OCH3 is 1. The summed E-state index contributed by atoms with van der Waals surface area (Å²) >= 11 is 0. The van der Waals surface area contributed by atoms with Crippen molar-refractivity contribution in [1.29, 1.82) is 0 Å². The quantitative estimate of drug-likeness (QED) is 0.848. The van der Waals surface area contributed by atoms with E-state index in [1.54, 1.807) is 7.11 Å². The summed E-state index contributed by atoms with van der Waals surface area (Å²) in [6, 6.07) is 6.52. The standard InChI is InChI=1S/C13H16N2O2/c1-17-11-4-2-3-10-13(11)14-12(16)7-8-15(10)9-5-6-9/h2-4,9H,5-8H2,1H3,(H,14,16). The van der Waals surface area contributed by atoms with Crippen LogP contribution in [-0.4, -0.2) is 25.6 Å². The maximum atomic E-state index is 11.7. The first-order chi connectivity index (χ1) is 8.29. The Balaban J connectivity index is 2.07. The number of rotatable bonds is 2. The van der Waals surface area contributed by atoms with Gasteiger partial charge in [0.2, 0.25) is 5.91 Å². The van der Waals surface area contributed by atoms with Crippen molar-refractivity contribution in [2.45, 2.75) is 25.3 Å². The zero-order chi connectivity index (χ0) is 11.8. The summed E-state index contributed by atoms with van der Waals surface area (Å²) in [7, 11) is 1.63. The number of hydrogen-bond donors (Lipinski definition) is 1. The van der Waals surface area contributed by atoms with Crippen LogP contribution in [0.4, 0.5) is 11.4 Å². The van der Waals surface area contributed by atoms with E-state index in [0.29, 0.717) is 12.5 Å². The Labute approximate surface area is 101 Å². The Morgan fingerprint density at radius 1 is 1.41 bits per heavy atom. The number of anilines is 2. The molecule has 4 nitrogen and oxygen atoms in total. The molecule has 0 saturated heterocycles. The number of carbonyl (C=O) groups is 1. The zero-order valence-corrected chi connectivity index (χ0v) is 9.90. The highest BCUT2D eigenvalue weighted by Crippen LogP contribution is 2.41. The highest BCUT2D eigenvalue weighted by molar-refractivity contribution is 5.98. The van der Waals surface area contributed by atoms with Gasteiger partial charge in [-0.05, 0) is 25.0 Å². The van der Waals surface area contributed by atoms with Crippen LogP contribution in [0.2, 0.25) is 0 Å². The molecule has 0 radical (unpaired) electrons. The van der Waals surface area contributed by atoms with Gasteiger partial charge in [-0.15, -0.1) is 0 Å². The van der Waals surface area contributed by atoms with Gasteiger partial charge in [0.15, 0.2) is 0 Å². The molecule has 1 heterocycles. The van der Waals surface area contributed by atoms with Crippen LogP contribution in [0.1, 0.15) is 19.3 Å². The van der Waals surface area contributed by atoms with Crippen molar-refractivity contribution in [2.24, 2.45) is 0 Å². The Hall–Kier alpha value is -1.71. The first kappa shape index (κ1) is 10.4. The molecule has 4 heteroatoms. The van der Waals surface area contributed by atoms with E-state index in [1.807, 2.05) is 12.1 Å². The van der Waals surface area contributed by atoms with Crippen molar-refractivity contribution in [2.75, 3.05) is 23.9 Å². The van der Waals surface area contributed by atoms with Gasteiger partial charge in [0.25, 0.3) is 0 Å². The lowest BCUT2D eigenvalue weighted by atomic mass is 10.2. The van der Waals surface area contributed by atoms with Crippen LogP contribution in [0.25, 0.3) is 0 Å². The average Bonchev–Trinajstić information content (AvgIpc) is 3.14. The number of nitrogens with zero attached hydrogens (tertiary/aromatic N) is 1. The predicted molar refractivity (Wildman–Crippen MR) is 66.6 cm³/mol. The summed E-state index contributed by atoms with van der Waals surface area (Å²) in [5.74, 6) is 0.808. The molecule has 1 N–H and O–H groups in total. The molecule has 0 atom stereocenters. The second kappa shape index (κ2) is 3.95. The third kappa shape index (κ3) is 1.84. The van der Waals surface area contributed by atoms with Gasteiger partial charge in [0.05, 0.1) is 12.8 Å². The van der Waals surface area contributed by atoms with Gasteiger partial charge in [0.1, 0.15) is 11.4 Å². The number of carbonyl (C=O) groups excluding carboxylic acids is 1. The van der Waals surface area contributed by atoms with Crippen molar-refractivity contribution in [3.05, 3.63) is 18.2 Å². The highest BCUT2D eigenvalue weighted by atomic mass is 16.5. The van der Waals surface area contributed by atoms with Gasteiger partial charge in [-0.3, -0.25) is 4.79 Å². The van der Waals surface area contributed by atoms with Gasteiger partial charge in [-0.25, -0.2) is 0 Å².